The summed E-state index contributed by atoms with van der Waals surface area (Å²) in [5.41, 5.74) is 0.419. The number of carbonyl (C=O) groups is 1. The highest BCUT2D eigenvalue weighted by Crippen LogP contribution is 2.39. The lowest BCUT2D eigenvalue weighted by atomic mass is 9.74. The van der Waals surface area contributed by atoms with E-state index in [0.29, 0.717) is 17.4 Å². The van der Waals surface area contributed by atoms with Crippen molar-refractivity contribution in [2.75, 3.05) is 26.7 Å². The molecule has 0 aromatic heterocycles. The lowest BCUT2D eigenvalue weighted by Crippen LogP contribution is -2.57. The van der Waals surface area contributed by atoms with E-state index in [1.165, 1.54) is 38.6 Å². The second-order valence-corrected chi connectivity index (χ2v) is 7.20. The Hall–Kier alpha value is -0.570. The van der Waals surface area contributed by atoms with Gasteiger partial charge < -0.3 is 9.80 Å². The van der Waals surface area contributed by atoms with Crippen molar-refractivity contribution in [1.82, 2.24) is 9.80 Å². The SMILES string of the molecule is CC1CC(C(=O)N2CCC3(CCCCN3C)CC2)C1. The largest absolute Gasteiger partial charge is 0.342 e. The van der Waals surface area contributed by atoms with Gasteiger partial charge in [0.1, 0.15) is 0 Å². The maximum absolute atomic E-state index is 12.4. The van der Waals surface area contributed by atoms with E-state index in [4.69, 9.17) is 0 Å². The van der Waals surface area contributed by atoms with Gasteiger partial charge in [-0.05, 0) is 58.0 Å². The molecule has 0 aromatic carbocycles. The number of piperidine rings is 2. The van der Waals surface area contributed by atoms with Crippen LogP contribution in [0.5, 0.6) is 0 Å². The van der Waals surface area contributed by atoms with Crippen LogP contribution in [0.25, 0.3) is 0 Å². The molecule has 3 heteroatoms. The van der Waals surface area contributed by atoms with Gasteiger partial charge in [0.05, 0.1) is 0 Å². The molecule has 1 amide bonds. The predicted molar refractivity (Wildman–Crippen MR) is 76.9 cm³/mol. The van der Waals surface area contributed by atoms with E-state index in [9.17, 15) is 4.79 Å². The van der Waals surface area contributed by atoms with Crippen LogP contribution in [-0.4, -0.2) is 47.9 Å². The van der Waals surface area contributed by atoms with Crippen molar-refractivity contribution in [1.29, 1.82) is 0 Å². The summed E-state index contributed by atoms with van der Waals surface area (Å²) >= 11 is 0. The summed E-state index contributed by atoms with van der Waals surface area (Å²) in [4.78, 5) is 17.1. The van der Waals surface area contributed by atoms with E-state index in [0.717, 1.165) is 31.8 Å². The van der Waals surface area contributed by atoms with Crippen molar-refractivity contribution in [3.8, 4) is 0 Å². The van der Waals surface area contributed by atoms with E-state index in [-0.39, 0.29) is 0 Å². The highest BCUT2D eigenvalue weighted by Gasteiger charge is 2.42. The Labute approximate surface area is 117 Å². The maximum atomic E-state index is 12.4. The molecule has 0 N–H and O–H groups in total. The summed E-state index contributed by atoms with van der Waals surface area (Å²) in [6, 6.07) is 0. The molecule has 3 nitrogen and oxygen atoms in total. The fourth-order valence-corrected chi connectivity index (χ4v) is 4.37. The van der Waals surface area contributed by atoms with Crippen LogP contribution in [0.15, 0.2) is 0 Å². The molecule has 3 aliphatic rings. The quantitative estimate of drug-likeness (QED) is 0.726. The number of likely N-dealkylation sites (tertiary alicyclic amines) is 2. The Kier molecular flexibility index (Phi) is 3.59. The fraction of sp³-hybridized carbons (Fsp3) is 0.938. The summed E-state index contributed by atoms with van der Waals surface area (Å²) in [6.07, 6.45) is 8.70. The Morgan fingerprint density at radius 1 is 1.05 bits per heavy atom. The van der Waals surface area contributed by atoms with Crippen LogP contribution in [0.4, 0.5) is 0 Å². The topological polar surface area (TPSA) is 23.6 Å². The van der Waals surface area contributed by atoms with Gasteiger partial charge in [0.15, 0.2) is 0 Å². The van der Waals surface area contributed by atoms with Gasteiger partial charge in [0, 0.05) is 24.5 Å². The molecule has 1 spiro atoms. The molecule has 3 rings (SSSR count). The molecule has 2 aliphatic heterocycles. The molecule has 1 aliphatic carbocycles. The molecule has 108 valence electrons. The van der Waals surface area contributed by atoms with Crippen molar-refractivity contribution in [3.63, 3.8) is 0 Å². The first kappa shape index (κ1) is 13.4. The molecule has 0 bridgehead atoms. The Balaban J connectivity index is 1.55. The van der Waals surface area contributed by atoms with Gasteiger partial charge in [-0.2, -0.15) is 0 Å². The average molecular weight is 264 g/mol. The lowest BCUT2D eigenvalue weighted by Gasteiger charge is -2.51. The van der Waals surface area contributed by atoms with Crippen LogP contribution in [0.1, 0.15) is 51.9 Å². The van der Waals surface area contributed by atoms with Crippen LogP contribution in [0, 0.1) is 11.8 Å². The van der Waals surface area contributed by atoms with Gasteiger partial charge in [-0.25, -0.2) is 0 Å². The van der Waals surface area contributed by atoms with Crippen molar-refractivity contribution >= 4 is 5.91 Å². The van der Waals surface area contributed by atoms with Crippen LogP contribution < -0.4 is 0 Å². The molecule has 0 unspecified atom stereocenters. The van der Waals surface area contributed by atoms with Crippen LogP contribution in [0.3, 0.4) is 0 Å². The van der Waals surface area contributed by atoms with Gasteiger partial charge >= 0.3 is 0 Å². The molecule has 2 saturated heterocycles. The summed E-state index contributed by atoms with van der Waals surface area (Å²) < 4.78 is 0. The highest BCUT2D eigenvalue weighted by molar-refractivity contribution is 5.79. The minimum Gasteiger partial charge on any atom is -0.342 e. The standard InChI is InChI=1S/C16H28N2O/c1-13-11-14(12-13)15(19)18-9-6-16(7-10-18)5-3-4-8-17(16)2/h13-14H,3-12H2,1-2H3. The first-order valence-electron chi connectivity index (χ1n) is 8.11. The Bertz CT molecular complexity index is 341. The smallest absolute Gasteiger partial charge is 0.225 e. The third kappa shape index (κ3) is 2.42. The number of hydrogen-bond acceptors (Lipinski definition) is 2. The van der Waals surface area contributed by atoms with Gasteiger partial charge in [-0.15, -0.1) is 0 Å². The minimum absolute atomic E-state index is 0.355. The zero-order valence-electron chi connectivity index (χ0n) is 12.5. The summed E-state index contributed by atoms with van der Waals surface area (Å²) in [6.45, 7) is 5.49. The molecule has 0 aromatic rings. The number of rotatable bonds is 1. The van der Waals surface area contributed by atoms with E-state index < -0.39 is 0 Å². The lowest BCUT2D eigenvalue weighted by molar-refractivity contribution is -0.142. The minimum atomic E-state index is 0.355. The fourth-order valence-electron chi connectivity index (χ4n) is 4.37. The third-order valence-corrected chi connectivity index (χ3v) is 5.92. The van der Waals surface area contributed by atoms with Crippen LogP contribution in [0.2, 0.25) is 0 Å². The van der Waals surface area contributed by atoms with E-state index in [1.54, 1.807) is 0 Å². The first-order chi connectivity index (χ1) is 9.11. The Morgan fingerprint density at radius 3 is 2.32 bits per heavy atom. The summed E-state index contributed by atoms with van der Waals surface area (Å²) in [7, 11) is 2.28. The number of carbonyl (C=O) groups excluding carboxylic acids is 1. The zero-order chi connectivity index (χ0) is 13.5. The molecule has 19 heavy (non-hydrogen) atoms. The summed E-state index contributed by atoms with van der Waals surface area (Å²) in [5, 5.41) is 0. The molecule has 0 radical (unpaired) electrons. The van der Waals surface area contributed by atoms with Crippen molar-refractivity contribution in [2.45, 2.75) is 57.4 Å². The zero-order valence-corrected chi connectivity index (χ0v) is 12.5. The number of amides is 1. The van der Waals surface area contributed by atoms with Crippen molar-refractivity contribution < 1.29 is 4.79 Å². The van der Waals surface area contributed by atoms with Gasteiger partial charge in [-0.1, -0.05) is 13.3 Å². The van der Waals surface area contributed by atoms with Crippen molar-refractivity contribution in [3.05, 3.63) is 0 Å². The second kappa shape index (κ2) is 5.08. The summed E-state index contributed by atoms with van der Waals surface area (Å²) in [5.74, 6) is 1.58. The molecular weight excluding hydrogens is 236 g/mol. The van der Waals surface area contributed by atoms with E-state index in [2.05, 4.69) is 23.8 Å². The predicted octanol–water partition coefficient (Wildman–Crippen LogP) is 2.51. The average Bonchev–Trinajstić information content (AvgIpc) is 2.39. The molecule has 2 heterocycles. The van der Waals surface area contributed by atoms with Crippen LogP contribution in [-0.2, 0) is 4.79 Å². The second-order valence-electron chi connectivity index (χ2n) is 7.20. The molecule has 0 atom stereocenters. The molecule has 3 fully saturated rings. The Morgan fingerprint density at radius 2 is 1.74 bits per heavy atom. The number of hydrogen-bond donors (Lipinski definition) is 0. The number of nitrogens with zero attached hydrogens (tertiary/aromatic N) is 2. The van der Waals surface area contributed by atoms with E-state index in [1.807, 2.05) is 0 Å². The monoisotopic (exact) mass is 264 g/mol. The van der Waals surface area contributed by atoms with Crippen LogP contribution >= 0.6 is 0 Å². The molecular formula is C16H28N2O. The van der Waals surface area contributed by atoms with E-state index >= 15 is 0 Å². The molecule has 1 saturated carbocycles. The maximum Gasteiger partial charge on any atom is 0.225 e. The first-order valence-corrected chi connectivity index (χ1v) is 8.11. The van der Waals surface area contributed by atoms with Gasteiger partial charge in [0.2, 0.25) is 5.91 Å². The van der Waals surface area contributed by atoms with Crippen molar-refractivity contribution in [2.24, 2.45) is 11.8 Å². The third-order valence-electron chi connectivity index (χ3n) is 5.92. The highest BCUT2D eigenvalue weighted by atomic mass is 16.2. The normalized spacial score (nSPS) is 35.2. The van der Waals surface area contributed by atoms with Gasteiger partial charge in [-0.3, -0.25) is 4.79 Å². The van der Waals surface area contributed by atoms with Gasteiger partial charge in [0.25, 0.3) is 0 Å².